The molecule has 1 aromatic heterocycles. The van der Waals surface area contributed by atoms with Crippen molar-refractivity contribution >= 4 is 28.7 Å². The maximum absolute atomic E-state index is 12.6. The van der Waals surface area contributed by atoms with Crippen LogP contribution in [0.2, 0.25) is 0 Å². The molecule has 0 aliphatic heterocycles. The van der Waals surface area contributed by atoms with Crippen LogP contribution in [0.1, 0.15) is 48.0 Å². The summed E-state index contributed by atoms with van der Waals surface area (Å²) >= 11 is 0. The summed E-state index contributed by atoms with van der Waals surface area (Å²) in [4.78, 5) is 26.9. The van der Waals surface area contributed by atoms with Gasteiger partial charge in [-0.15, -0.1) is 0 Å². The second-order valence-electron chi connectivity index (χ2n) is 7.88. The molecule has 0 atom stereocenters. The highest BCUT2D eigenvalue weighted by Crippen LogP contribution is 2.23. The number of aromatic nitrogens is 1. The number of Topliss-reactive ketones (excluding diaryl/α,β-unsaturated/α-hetero) is 1. The Morgan fingerprint density at radius 3 is 2.43 bits per heavy atom. The Morgan fingerprint density at radius 2 is 1.79 bits per heavy atom. The van der Waals surface area contributed by atoms with E-state index >= 15 is 0 Å². The van der Waals surface area contributed by atoms with E-state index in [-0.39, 0.29) is 11.2 Å². The summed E-state index contributed by atoms with van der Waals surface area (Å²) in [5.74, 6) is -0.516. The molecule has 0 bridgehead atoms. The standard InChI is InChI=1S/C23H24N2O3/c1-23(2,3)18-7-5-16(6-8-18)21(26)13-15-4-10-20-17(12-15)14-19(24-20)9-11-22(27)25-28/h4-12,14,24,28H,13H2,1-3H3,(H,25,27)/b11-9+. The number of hydrogen-bond donors (Lipinski definition) is 3. The van der Waals surface area contributed by atoms with Crippen LogP contribution in [0.25, 0.3) is 17.0 Å². The SMILES string of the molecule is CC(C)(C)c1ccc(C(=O)Cc2ccc3[nH]c(/C=C/C(=O)NO)cc3c2)cc1. The fourth-order valence-corrected chi connectivity index (χ4v) is 3.05. The zero-order valence-corrected chi connectivity index (χ0v) is 16.2. The quantitative estimate of drug-likeness (QED) is 0.267. The van der Waals surface area contributed by atoms with Gasteiger partial charge in [0.2, 0.25) is 0 Å². The molecule has 0 aliphatic carbocycles. The maximum atomic E-state index is 12.6. The molecule has 0 spiro atoms. The number of carbonyl (C=O) groups is 2. The molecule has 1 amide bonds. The summed E-state index contributed by atoms with van der Waals surface area (Å²) in [6.07, 6.45) is 3.14. The summed E-state index contributed by atoms with van der Waals surface area (Å²) in [6, 6.07) is 15.5. The fraction of sp³-hybridized carbons (Fsp3) is 0.217. The number of hydroxylamine groups is 1. The van der Waals surface area contributed by atoms with Gasteiger partial charge in [0.25, 0.3) is 5.91 Å². The first kappa shape index (κ1) is 19.6. The van der Waals surface area contributed by atoms with Crippen LogP contribution < -0.4 is 5.48 Å². The largest absolute Gasteiger partial charge is 0.355 e. The number of carbonyl (C=O) groups excluding carboxylic acids is 2. The zero-order valence-electron chi connectivity index (χ0n) is 16.2. The van der Waals surface area contributed by atoms with Crippen LogP contribution in [-0.4, -0.2) is 21.9 Å². The van der Waals surface area contributed by atoms with Crippen molar-refractivity contribution in [1.82, 2.24) is 10.5 Å². The van der Waals surface area contributed by atoms with Crippen LogP contribution in [0.3, 0.4) is 0 Å². The first-order valence-corrected chi connectivity index (χ1v) is 9.14. The smallest absolute Gasteiger partial charge is 0.267 e. The minimum Gasteiger partial charge on any atom is -0.355 e. The van der Waals surface area contributed by atoms with Gasteiger partial charge in [-0.3, -0.25) is 14.8 Å². The molecule has 5 nitrogen and oxygen atoms in total. The van der Waals surface area contributed by atoms with E-state index in [1.165, 1.54) is 11.6 Å². The van der Waals surface area contributed by atoms with E-state index in [0.29, 0.717) is 12.0 Å². The van der Waals surface area contributed by atoms with Gasteiger partial charge >= 0.3 is 0 Å². The number of benzene rings is 2. The first-order chi connectivity index (χ1) is 13.3. The predicted molar refractivity (Wildman–Crippen MR) is 110 cm³/mol. The lowest BCUT2D eigenvalue weighted by Crippen LogP contribution is -2.14. The van der Waals surface area contributed by atoms with Crippen molar-refractivity contribution in [3.05, 3.63) is 77.0 Å². The topological polar surface area (TPSA) is 82.2 Å². The second kappa shape index (κ2) is 7.82. The summed E-state index contributed by atoms with van der Waals surface area (Å²) < 4.78 is 0. The van der Waals surface area contributed by atoms with E-state index in [9.17, 15) is 9.59 Å². The molecule has 0 unspecified atom stereocenters. The lowest BCUT2D eigenvalue weighted by molar-refractivity contribution is -0.124. The van der Waals surface area contributed by atoms with Gasteiger partial charge in [0.1, 0.15) is 0 Å². The van der Waals surface area contributed by atoms with E-state index in [1.807, 2.05) is 48.5 Å². The Hall–Kier alpha value is -3.18. The van der Waals surface area contributed by atoms with E-state index in [1.54, 1.807) is 11.6 Å². The molecule has 5 heteroatoms. The van der Waals surface area contributed by atoms with E-state index < -0.39 is 5.91 Å². The van der Waals surface area contributed by atoms with Crippen molar-refractivity contribution in [1.29, 1.82) is 0 Å². The van der Waals surface area contributed by atoms with Gasteiger partial charge in [-0.2, -0.15) is 0 Å². The molecule has 2 aromatic carbocycles. The van der Waals surface area contributed by atoms with E-state index in [0.717, 1.165) is 22.2 Å². The fourth-order valence-electron chi connectivity index (χ4n) is 3.05. The van der Waals surface area contributed by atoms with Gasteiger partial charge < -0.3 is 4.98 Å². The Bertz CT molecular complexity index is 1040. The number of hydrogen-bond acceptors (Lipinski definition) is 3. The number of amides is 1. The van der Waals surface area contributed by atoms with Crippen LogP contribution in [0.5, 0.6) is 0 Å². The van der Waals surface area contributed by atoms with Crippen molar-refractivity contribution in [2.75, 3.05) is 0 Å². The number of aromatic amines is 1. The summed E-state index contributed by atoms with van der Waals surface area (Å²) in [6.45, 7) is 6.45. The number of nitrogens with one attached hydrogen (secondary N) is 2. The van der Waals surface area contributed by atoms with Crippen LogP contribution in [0, 0.1) is 0 Å². The van der Waals surface area contributed by atoms with Gasteiger partial charge in [0, 0.05) is 34.7 Å². The third-order valence-corrected chi connectivity index (χ3v) is 4.67. The lowest BCUT2D eigenvalue weighted by Gasteiger charge is -2.19. The Labute approximate surface area is 164 Å². The highest BCUT2D eigenvalue weighted by Gasteiger charge is 2.14. The van der Waals surface area contributed by atoms with Gasteiger partial charge in [-0.1, -0.05) is 51.1 Å². The molecule has 144 valence electrons. The highest BCUT2D eigenvalue weighted by molar-refractivity contribution is 5.98. The zero-order chi connectivity index (χ0) is 20.3. The van der Waals surface area contributed by atoms with E-state index in [2.05, 4.69) is 25.8 Å². The monoisotopic (exact) mass is 376 g/mol. The molecule has 3 rings (SSSR count). The lowest BCUT2D eigenvalue weighted by atomic mass is 9.86. The van der Waals surface area contributed by atoms with Crippen molar-refractivity contribution in [2.45, 2.75) is 32.6 Å². The third-order valence-electron chi connectivity index (χ3n) is 4.67. The minimum absolute atomic E-state index is 0.0604. The Kier molecular flexibility index (Phi) is 5.47. The molecule has 3 N–H and O–H groups in total. The molecular weight excluding hydrogens is 352 g/mol. The van der Waals surface area contributed by atoms with Crippen LogP contribution >= 0.6 is 0 Å². The number of fused-ring (bicyclic) bond motifs is 1. The summed E-state index contributed by atoms with van der Waals surface area (Å²) in [7, 11) is 0. The number of ketones is 1. The Balaban J connectivity index is 1.75. The molecule has 1 heterocycles. The predicted octanol–water partition coefficient (Wildman–Crippen LogP) is 4.41. The van der Waals surface area contributed by atoms with Crippen LogP contribution in [0.15, 0.2) is 54.6 Å². The van der Waals surface area contributed by atoms with Crippen molar-refractivity contribution in [3.8, 4) is 0 Å². The summed E-state index contributed by atoms with van der Waals surface area (Å²) in [5.41, 5.74) is 6.10. The average Bonchev–Trinajstić information content (AvgIpc) is 3.07. The van der Waals surface area contributed by atoms with E-state index in [4.69, 9.17) is 5.21 Å². The van der Waals surface area contributed by atoms with Crippen LogP contribution in [-0.2, 0) is 16.6 Å². The van der Waals surface area contributed by atoms with Gasteiger partial charge in [-0.05, 0) is 40.8 Å². The molecule has 0 radical (unpaired) electrons. The normalized spacial score (nSPS) is 11.9. The Morgan fingerprint density at radius 1 is 1.07 bits per heavy atom. The van der Waals surface area contributed by atoms with Gasteiger partial charge in [0.15, 0.2) is 5.78 Å². The maximum Gasteiger partial charge on any atom is 0.267 e. The van der Waals surface area contributed by atoms with Gasteiger partial charge in [-0.25, -0.2) is 5.48 Å². The number of H-pyrrole nitrogens is 1. The molecule has 3 aromatic rings. The molecule has 28 heavy (non-hydrogen) atoms. The second-order valence-corrected chi connectivity index (χ2v) is 7.88. The van der Waals surface area contributed by atoms with Crippen molar-refractivity contribution in [2.24, 2.45) is 0 Å². The molecule has 0 saturated carbocycles. The number of rotatable bonds is 5. The van der Waals surface area contributed by atoms with Gasteiger partial charge in [0.05, 0.1) is 0 Å². The highest BCUT2D eigenvalue weighted by atomic mass is 16.5. The third kappa shape index (κ3) is 4.56. The molecule has 0 saturated heterocycles. The van der Waals surface area contributed by atoms with Crippen molar-refractivity contribution in [3.63, 3.8) is 0 Å². The average molecular weight is 376 g/mol. The molecular formula is C23H24N2O3. The van der Waals surface area contributed by atoms with Crippen molar-refractivity contribution < 1.29 is 14.8 Å². The molecule has 0 fully saturated rings. The molecule has 0 aliphatic rings. The minimum atomic E-state index is -0.595. The first-order valence-electron chi connectivity index (χ1n) is 9.14. The summed E-state index contributed by atoms with van der Waals surface area (Å²) in [5, 5.41) is 9.48. The van der Waals surface area contributed by atoms with Crippen LogP contribution in [0.4, 0.5) is 0 Å².